The van der Waals surface area contributed by atoms with E-state index in [-0.39, 0.29) is 5.41 Å². The molecule has 1 fully saturated rings. The third kappa shape index (κ3) is 3.06. The van der Waals surface area contributed by atoms with Crippen LogP contribution in [-0.4, -0.2) is 23.8 Å². The van der Waals surface area contributed by atoms with Crippen molar-refractivity contribution in [3.63, 3.8) is 0 Å². The fourth-order valence-electron chi connectivity index (χ4n) is 3.19. The van der Waals surface area contributed by atoms with Crippen LogP contribution in [0.1, 0.15) is 24.0 Å². The third-order valence-corrected chi connectivity index (χ3v) is 5.82. The molecule has 0 amide bonds. The second-order valence-electron chi connectivity index (χ2n) is 6.55. The Hall–Kier alpha value is -1.85. The summed E-state index contributed by atoms with van der Waals surface area (Å²) in [6, 6.07) is 14.3. The highest BCUT2D eigenvalue weighted by molar-refractivity contribution is 7.84. The first-order valence-electron chi connectivity index (χ1n) is 8.20. The molecule has 1 atom stereocenters. The molecule has 24 heavy (non-hydrogen) atoms. The minimum absolute atomic E-state index is 0.228. The monoisotopic (exact) mass is 343 g/mol. The minimum Gasteiger partial charge on any atom is -0.454 e. The summed E-state index contributed by atoms with van der Waals surface area (Å²) in [7, 11) is -0.915. The number of ether oxygens (including phenoxy) is 2. The summed E-state index contributed by atoms with van der Waals surface area (Å²) >= 11 is 0. The number of hydrogen-bond acceptors (Lipinski definition) is 4. The number of nitrogens with one attached hydrogen (secondary N) is 1. The number of rotatable bonds is 6. The van der Waals surface area contributed by atoms with Gasteiger partial charge in [0.05, 0.1) is 0 Å². The zero-order chi connectivity index (χ0) is 16.6. The van der Waals surface area contributed by atoms with Crippen molar-refractivity contribution in [3.05, 3.63) is 53.6 Å². The summed E-state index contributed by atoms with van der Waals surface area (Å²) in [5, 5.41) is 3.57. The molecule has 0 unspecified atom stereocenters. The van der Waals surface area contributed by atoms with Crippen LogP contribution >= 0.6 is 0 Å². The zero-order valence-corrected chi connectivity index (χ0v) is 14.5. The van der Waals surface area contributed by atoms with E-state index < -0.39 is 10.8 Å². The van der Waals surface area contributed by atoms with Gasteiger partial charge in [-0.25, -0.2) is 0 Å². The Morgan fingerprint density at radius 1 is 1.08 bits per heavy atom. The predicted molar refractivity (Wildman–Crippen MR) is 94.0 cm³/mol. The lowest BCUT2D eigenvalue weighted by atomic mass is 9.95. The van der Waals surface area contributed by atoms with Crippen LogP contribution in [0.3, 0.4) is 0 Å². The van der Waals surface area contributed by atoms with Crippen LogP contribution in [0.5, 0.6) is 11.5 Å². The molecule has 1 N–H and O–H groups in total. The molecule has 0 radical (unpaired) electrons. The fourth-order valence-corrected chi connectivity index (χ4v) is 3.71. The Bertz CT molecular complexity index is 769. The molecule has 4 nitrogen and oxygen atoms in total. The molecule has 2 aromatic rings. The van der Waals surface area contributed by atoms with Crippen molar-refractivity contribution in [3.8, 4) is 11.5 Å². The minimum atomic E-state index is -0.915. The third-order valence-electron chi connectivity index (χ3n) is 4.89. The van der Waals surface area contributed by atoms with Crippen LogP contribution in [-0.2, 0) is 22.8 Å². The van der Waals surface area contributed by atoms with E-state index in [1.165, 1.54) is 24.0 Å². The quantitative estimate of drug-likeness (QED) is 0.876. The maximum Gasteiger partial charge on any atom is 0.231 e. The topological polar surface area (TPSA) is 47.6 Å². The van der Waals surface area contributed by atoms with E-state index in [1.807, 2.05) is 30.3 Å². The van der Waals surface area contributed by atoms with Crippen LogP contribution in [0.2, 0.25) is 0 Å². The van der Waals surface area contributed by atoms with E-state index >= 15 is 0 Å². The maximum absolute atomic E-state index is 11.4. The average molecular weight is 343 g/mol. The van der Waals surface area contributed by atoms with Gasteiger partial charge >= 0.3 is 0 Å². The first-order valence-corrected chi connectivity index (χ1v) is 9.75. The van der Waals surface area contributed by atoms with Gasteiger partial charge in [0.15, 0.2) is 11.5 Å². The molecule has 0 spiro atoms. The van der Waals surface area contributed by atoms with Crippen molar-refractivity contribution in [2.45, 2.75) is 29.7 Å². The lowest BCUT2D eigenvalue weighted by Gasteiger charge is -2.17. The number of benzene rings is 2. The highest BCUT2D eigenvalue weighted by Crippen LogP contribution is 2.49. The molecule has 5 heteroatoms. The molecule has 1 aliphatic heterocycles. The van der Waals surface area contributed by atoms with Gasteiger partial charge in [0.25, 0.3) is 0 Å². The standard InChI is InChI=1S/C19H21NO3S/c1-24(21)16-5-2-14(3-6-16)11-20-12-19(8-9-19)15-4-7-17-18(10-15)23-13-22-17/h2-7,10,20H,8-9,11-13H2,1H3/t24-/m0/s1. The van der Waals surface area contributed by atoms with E-state index in [1.54, 1.807) is 6.26 Å². The van der Waals surface area contributed by atoms with Crippen LogP contribution in [0.25, 0.3) is 0 Å². The molecular formula is C19H21NO3S. The number of hydrogen-bond donors (Lipinski definition) is 1. The van der Waals surface area contributed by atoms with Gasteiger partial charge in [-0.3, -0.25) is 4.21 Å². The summed E-state index contributed by atoms with van der Waals surface area (Å²) in [5.41, 5.74) is 2.77. The van der Waals surface area contributed by atoms with Crippen molar-refractivity contribution in [2.24, 2.45) is 0 Å². The van der Waals surface area contributed by atoms with Gasteiger partial charge in [0.1, 0.15) is 0 Å². The van der Waals surface area contributed by atoms with E-state index in [9.17, 15) is 4.21 Å². The van der Waals surface area contributed by atoms with Crippen molar-refractivity contribution in [2.75, 3.05) is 19.6 Å². The predicted octanol–water partition coefficient (Wildman–Crippen LogP) is 2.97. The fraction of sp³-hybridized carbons (Fsp3) is 0.368. The largest absolute Gasteiger partial charge is 0.454 e. The SMILES string of the molecule is C[S@](=O)c1ccc(CNCC2(c3ccc4c(c3)OCO4)CC2)cc1. The van der Waals surface area contributed by atoms with E-state index in [0.29, 0.717) is 6.79 Å². The molecule has 1 heterocycles. The van der Waals surface area contributed by atoms with Crippen LogP contribution < -0.4 is 14.8 Å². The van der Waals surface area contributed by atoms with E-state index in [0.717, 1.165) is 29.5 Å². The van der Waals surface area contributed by atoms with Crippen LogP contribution in [0, 0.1) is 0 Å². The molecule has 1 saturated carbocycles. The maximum atomic E-state index is 11.4. The average Bonchev–Trinajstić information content (AvgIpc) is 3.23. The van der Waals surface area contributed by atoms with E-state index in [2.05, 4.69) is 17.4 Å². The Morgan fingerprint density at radius 3 is 2.54 bits per heavy atom. The summed E-state index contributed by atoms with van der Waals surface area (Å²) in [6.45, 7) is 2.10. The van der Waals surface area contributed by atoms with Gasteiger partial charge < -0.3 is 14.8 Å². The molecule has 2 aliphatic rings. The van der Waals surface area contributed by atoms with Gasteiger partial charge in [-0.15, -0.1) is 0 Å². The second-order valence-corrected chi connectivity index (χ2v) is 7.93. The molecule has 4 rings (SSSR count). The van der Waals surface area contributed by atoms with Crippen molar-refractivity contribution in [1.82, 2.24) is 5.32 Å². The molecule has 2 aromatic carbocycles. The molecule has 0 bridgehead atoms. The van der Waals surface area contributed by atoms with Crippen LogP contribution in [0.15, 0.2) is 47.4 Å². The van der Waals surface area contributed by atoms with Gasteiger partial charge in [0.2, 0.25) is 6.79 Å². The highest BCUT2D eigenvalue weighted by atomic mass is 32.2. The smallest absolute Gasteiger partial charge is 0.231 e. The first kappa shape index (κ1) is 15.7. The Labute approximate surface area is 144 Å². The lowest BCUT2D eigenvalue weighted by Crippen LogP contribution is -2.26. The van der Waals surface area contributed by atoms with Crippen molar-refractivity contribution < 1.29 is 13.7 Å². The molecule has 0 saturated heterocycles. The summed E-state index contributed by atoms with van der Waals surface area (Å²) in [6.07, 6.45) is 4.11. The van der Waals surface area contributed by atoms with Crippen LogP contribution in [0.4, 0.5) is 0 Å². The van der Waals surface area contributed by atoms with Gasteiger partial charge in [0, 0.05) is 40.5 Å². The normalized spacial score (nSPS) is 18.4. The van der Waals surface area contributed by atoms with Gasteiger partial charge in [-0.05, 0) is 48.2 Å². The van der Waals surface area contributed by atoms with Gasteiger partial charge in [-0.2, -0.15) is 0 Å². The molecule has 126 valence electrons. The van der Waals surface area contributed by atoms with Gasteiger partial charge in [-0.1, -0.05) is 18.2 Å². The summed E-state index contributed by atoms with van der Waals surface area (Å²) < 4.78 is 22.3. The Morgan fingerprint density at radius 2 is 1.83 bits per heavy atom. The molecular weight excluding hydrogens is 322 g/mol. The molecule has 0 aromatic heterocycles. The van der Waals surface area contributed by atoms with Crippen molar-refractivity contribution in [1.29, 1.82) is 0 Å². The Kier molecular flexibility index (Phi) is 4.06. The number of fused-ring (bicyclic) bond motifs is 1. The molecule has 1 aliphatic carbocycles. The zero-order valence-electron chi connectivity index (χ0n) is 13.7. The Balaban J connectivity index is 1.38. The lowest BCUT2D eigenvalue weighted by molar-refractivity contribution is 0.174. The van der Waals surface area contributed by atoms with E-state index in [4.69, 9.17) is 9.47 Å². The second kappa shape index (κ2) is 6.22. The first-order chi connectivity index (χ1) is 11.7. The summed E-state index contributed by atoms with van der Waals surface area (Å²) in [4.78, 5) is 0.873. The summed E-state index contributed by atoms with van der Waals surface area (Å²) in [5.74, 6) is 1.71. The highest BCUT2D eigenvalue weighted by Gasteiger charge is 2.44. The van der Waals surface area contributed by atoms with Crippen molar-refractivity contribution >= 4 is 10.8 Å².